The Labute approximate surface area is 224 Å². The van der Waals surface area contributed by atoms with Gasteiger partial charge in [-0.25, -0.2) is 17.6 Å². The van der Waals surface area contributed by atoms with Crippen molar-refractivity contribution < 1.29 is 31.6 Å². The molecule has 2 unspecified atom stereocenters. The lowest BCUT2D eigenvalue weighted by Gasteiger charge is -2.17. The minimum Gasteiger partial charge on any atom is -0.486 e. The normalized spacial score (nSPS) is 20.6. The molecule has 200 valence electrons. The van der Waals surface area contributed by atoms with Gasteiger partial charge >= 0.3 is 0 Å². The number of carbonyl (C=O) groups is 1. The highest BCUT2D eigenvalue weighted by Crippen LogP contribution is 2.41. The van der Waals surface area contributed by atoms with E-state index in [2.05, 4.69) is 9.71 Å². The Bertz CT molecular complexity index is 1440. The summed E-state index contributed by atoms with van der Waals surface area (Å²) in [6, 6.07) is 16.8. The zero-order valence-corrected chi connectivity index (χ0v) is 22.4. The number of pyridine rings is 1. The number of hydrogen-bond acceptors (Lipinski definition) is 8. The highest BCUT2D eigenvalue weighted by molar-refractivity contribution is 7.90. The van der Waals surface area contributed by atoms with Crippen LogP contribution in [0.5, 0.6) is 23.1 Å². The van der Waals surface area contributed by atoms with Crippen LogP contribution in [0.2, 0.25) is 0 Å². The van der Waals surface area contributed by atoms with E-state index in [0.29, 0.717) is 23.8 Å². The third-order valence-electron chi connectivity index (χ3n) is 6.39. The van der Waals surface area contributed by atoms with Gasteiger partial charge in [0.25, 0.3) is 0 Å². The molecule has 9 nitrogen and oxygen atoms in total. The Balaban J connectivity index is 1.20. The van der Waals surface area contributed by atoms with Crippen LogP contribution in [-0.2, 0) is 32.0 Å². The van der Waals surface area contributed by atoms with Crippen molar-refractivity contribution in [3.8, 4) is 23.1 Å². The maximum atomic E-state index is 12.1. The molecule has 1 saturated heterocycles. The van der Waals surface area contributed by atoms with E-state index in [4.69, 9.17) is 14.2 Å². The molecule has 11 heteroatoms. The summed E-state index contributed by atoms with van der Waals surface area (Å²) in [6.07, 6.45) is 4.90. The van der Waals surface area contributed by atoms with Crippen LogP contribution in [0, 0.1) is 0 Å². The molecule has 38 heavy (non-hydrogen) atoms. The monoisotopic (exact) mass is 556 g/mol. The number of ether oxygens (including phenoxy) is 3. The molecule has 0 spiro atoms. The second kappa shape index (κ2) is 11.1. The van der Waals surface area contributed by atoms with Crippen molar-refractivity contribution in [3.05, 3.63) is 77.5 Å². The van der Waals surface area contributed by atoms with Crippen molar-refractivity contribution in [1.82, 2.24) is 9.71 Å². The first-order valence-corrected chi connectivity index (χ1v) is 15.6. The van der Waals surface area contributed by atoms with Crippen LogP contribution in [-0.4, -0.2) is 42.1 Å². The predicted molar refractivity (Wildman–Crippen MR) is 142 cm³/mol. The number of nitrogens with one attached hydrogen (secondary N) is 1. The van der Waals surface area contributed by atoms with Gasteiger partial charge in [0.2, 0.25) is 11.8 Å². The zero-order chi connectivity index (χ0) is 26.7. The third-order valence-corrected chi connectivity index (χ3v) is 8.81. The Morgan fingerprint density at radius 1 is 1.08 bits per heavy atom. The molecule has 1 aromatic heterocycles. The number of hydrogen-bond donors (Lipinski definition) is 1. The fourth-order valence-corrected chi connectivity index (χ4v) is 6.37. The molecule has 0 bridgehead atoms. The Morgan fingerprint density at radius 2 is 1.87 bits per heavy atom. The van der Waals surface area contributed by atoms with Crippen LogP contribution >= 0.6 is 0 Å². The molecular weight excluding hydrogens is 528 g/mol. The van der Waals surface area contributed by atoms with Gasteiger partial charge in [0.15, 0.2) is 0 Å². The van der Waals surface area contributed by atoms with E-state index in [-0.39, 0.29) is 36.0 Å². The van der Waals surface area contributed by atoms with Gasteiger partial charge in [-0.2, -0.15) is 0 Å². The standard InChI is InChI=1S/C27H28N2O7S2/c1-38(32,33)15-3-14-34-27-13-10-20(17-28-27)36-23-5-2-4-21-22(23)11-12-24(21)35-19-8-6-18(7-9-19)25-16-26(30)29-37(25)31/h2,4-10,13,17,24-25H,3,11-12,14-16H2,1H3,(H,29,30)/t24-,25?,37?/m1/s1. The molecule has 2 aromatic carbocycles. The molecule has 1 fully saturated rings. The van der Waals surface area contributed by atoms with Crippen LogP contribution in [0.25, 0.3) is 0 Å². The number of sulfone groups is 1. The van der Waals surface area contributed by atoms with Crippen molar-refractivity contribution in [2.45, 2.75) is 37.0 Å². The first kappa shape index (κ1) is 26.2. The lowest BCUT2D eigenvalue weighted by molar-refractivity contribution is -0.118. The van der Waals surface area contributed by atoms with E-state index in [1.54, 1.807) is 18.3 Å². The molecule has 1 aliphatic heterocycles. The summed E-state index contributed by atoms with van der Waals surface area (Å²) in [5, 5.41) is -0.335. The van der Waals surface area contributed by atoms with Crippen molar-refractivity contribution in [3.63, 3.8) is 0 Å². The van der Waals surface area contributed by atoms with Gasteiger partial charge in [0.05, 0.1) is 23.8 Å². The van der Waals surface area contributed by atoms with Crippen LogP contribution in [0.3, 0.4) is 0 Å². The van der Waals surface area contributed by atoms with Gasteiger partial charge < -0.3 is 14.2 Å². The fraction of sp³-hybridized carbons (Fsp3) is 0.333. The van der Waals surface area contributed by atoms with E-state index in [1.807, 2.05) is 42.5 Å². The predicted octanol–water partition coefficient (Wildman–Crippen LogP) is 3.98. The number of benzene rings is 2. The lowest BCUT2D eigenvalue weighted by atomic mass is 10.1. The van der Waals surface area contributed by atoms with Gasteiger partial charge in [0, 0.05) is 24.3 Å². The second-order valence-corrected chi connectivity index (χ2v) is 12.9. The molecule has 0 saturated carbocycles. The smallest absolute Gasteiger partial charge is 0.233 e. The van der Waals surface area contributed by atoms with Crippen LogP contribution in [0.15, 0.2) is 60.8 Å². The molecule has 1 N–H and O–H groups in total. The number of carbonyl (C=O) groups excluding carboxylic acids is 1. The summed E-state index contributed by atoms with van der Waals surface area (Å²) in [6.45, 7) is 0.271. The fourth-order valence-electron chi connectivity index (χ4n) is 4.57. The van der Waals surface area contributed by atoms with E-state index < -0.39 is 20.8 Å². The Hall–Kier alpha value is -3.44. The molecule has 1 amide bonds. The lowest BCUT2D eigenvalue weighted by Crippen LogP contribution is -2.15. The average Bonchev–Trinajstić information content (AvgIpc) is 3.45. The van der Waals surface area contributed by atoms with E-state index in [9.17, 15) is 17.4 Å². The first-order valence-electron chi connectivity index (χ1n) is 12.3. The molecule has 3 atom stereocenters. The highest BCUT2D eigenvalue weighted by Gasteiger charge is 2.31. The molecule has 2 heterocycles. The zero-order valence-electron chi connectivity index (χ0n) is 20.8. The SMILES string of the molecule is CS(=O)(=O)CCCOc1ccc(Oc2cccc3c2CC[C@H]3Oc2ccc(C3CC(=O)NS3=O)cc2)cn1. The highest BCUT2D eigenvalue weighted by atomic mass is 32.2. The minimum absolute atomic E-state index is 0.0752. The summed E-state index contributed by atoms with van der Waals surface area (Å²) in [7, 11) is -4.40. The Morgan fingerprint density at radius 3 is 2.55 bits per heavy atom. The summed E-state index contributed by atoms with van der Waals surface area (Å²) in [4.78, 5) is 15.8. The van der Waals surface area contributed by atoms with Crippen LogP contribution < -0.4 is 18.9 Å². The van der Waals surface area contributed by atoms with Gasteiger partial charge in [-0.05, 0) is 54.7 Å². The first-order chi connectivity index (χ1) is 18.2. The van der Waals surface area contributed by atoms with Crippen molar-refractivity contribution in [2.75, 3.05) is 18.6 Å². The van der Waals surface area contributed by atoms with Gasteiger partial charge in [-0.3, -0.25) is 9.52 Å². The summed E-state index contributed by atoms with van der Waals surface area (Å²) in [5.74, 6) is 2.30. The number of fused-ring (bicyclic) bond motifs is 1. The minimum atomic E-state index is -3.01. The van der Waals surface area contributed by atoms with Crippen LogP contribution in [0.4, 0.5) is 0 Å². The van der Waals surface area contributed by atoms with Crippen molar-refractivity contribution in [1.29, 1.82) is 0 Å². The van der Waals surface area contributed by atoms with Crippen LogP contribution in [0.1, 0.15) is 47.3 Å². The van der Waals surface area contributed by atoms with E-state index in [0.717, 1.165) is 35.3 Å². The van der Waals surface area contributed by atoms with E-state index in [1.165, 1.54) is 6.26 Å². The van der Waals surface area contributed by atoms with Crippen molar-refractivity contribution in [2.24, 2.45) is 0 Å². The quantitative estimate of drug-likeness (QED) is 0.372. The summed E-state index contributed by atoms with van der Waals surface area (Å²) < 4.78 is 54.8. The molecule has 3 aromatic rings. The largest absolute Gasteiger partial charge is 0.486 e. The second-order valence-electron chi connectivity index (χ2n) is 9.32. The Kier molecular flexibility index (Phi) is 7.66. The van der Waals surface area contributed by atoms with Gasteiger partial charge in [0.1, 0.15) is 44.2 Å². The van der Waals surface area contributed by atoms with Gasteiger partial charge in [-0.1, -0.05) is 24.3 Å². The number of amides is 1. The average molecular weight is 557 g/mol. The molecular formula is C27H28N2O7S2. The van der Waals surface area contributed by atoms with Gasteiger partial charge in [-0.15, -0.1) is 0 Å². The molecule has 1 aliphatic carbocycles. The number of rotatable bonds is 10. The van der Waals surface area contributed by atoms with E-state index >= 15 is 0 Å². The maximum absolute atomic E-state index is 12.1. The summed E-state index contributed by atoms with van der Waals surface area (Å²) in [5.41, 5.74) is 2.99. The number of aromatic nitrogens is 1. The number of nitrogens with zero attached hydrogens (tertiary/aromatic N) is 1. The maximum Gasteiger partial charge on any atom is 0.233 e. The topological polar surface area (TPSA) is 121 Å². The molecule has 0 radical (unpaired) electrons. The summed E-state index contributed by atoms with van der Waals surface area (Å²) >= 11 is 0. The molecule has 5 rings (SSSR count). The molecule has 2 aliphatic rings. The van der Waals surface area contributed by atoms with Crippen molar-refractivity contribution >= 4 is 26.7 Å². The third kappa shape index (κ3) is 6.33.